The van der Waals surface area contributed by atoms with Gasteiger partial charge in [0.15, 0.2) is 6.19 Å². The molecule has 1 aliphatic rings. The lowest BCUT2D eigenvalue weighted by Gasteiger charge is -2.23. The Kier molecular flexibility index (Phi) is 9.44. The first-order valence-corrected chi connectivity index (χ1v) is 12.8. The zero-order valence-corrected chi connectivity index (χ0v) is 19.7. The monoisotopic (exact) mass is 500 g/mol. The second-order valence-corrected chi connectivity index (χ2v) is 10.1. The quantitative estimate of drug-likeness (QED) is 0.115. The van der Waals surface area contributed by atoms with Crippen molar-refractivity contribution in [2.45, 2.75) is 31.6 Å². The SMILES string of the molecule is CN(C#N)C(=O)CCSC[C@@H]1C[C@H](OS(C)(=O)=O)CN1C(=O)OCc1ccc([N+](=O)[O-])cc1. The van der Waals surface area contributed by atoms with Gasteiger partial charge < -0.3 is 9.64 Å². The van der Waals surface area contributed by atoms with Crippen molar-refractivity contribution in [1.82, 2.24) is 9.80 Å². The molecule has 33 heavy (non-hydrogen) atoms. The van der Waals surface area contributed by atoms with E-state index in [2.05, 4.69) is 0 Å². The van der Waals surface area contributed by atoms with E-state index in [0.717, 1.165) is 11.2 Å². The maximum Gasteiger partial charge on any atom is 0.410 e. The van der Waals surface area contributed by atoms with Gasteiger partial charge in [0.05, 0.1) is 23.8 Å². The van der Waals surface area contributed by atoms with Crippen LogP contribution in [0.5, 0.6) is 0 Å². The van der Waals surface area contributed by atoms with Gasteiger partial charge in [-0.2, -0.15) is 25.4 Å². The zero-order valence-electron chi connectivity index (χ0n) is 18.1. The van der Waals surface area contributed by atoms with Crippen molar-refractivity contribution >= 4 is 39.6 Å². The van der Waals surface area contributed by atoms with Gasteiger partial charge in [-0.05, 0) is 24.1 Å². The van der Waals surface area contributed by atoms with E-state index in [1.165, 1.54) is 48.0 Å². The normalized spacial score (nSPS) is 17.9. The fourth-order valence-electron chi connectivity index (χ4n) is 3.12. The van der Waals surface area contributed by atoms with Gasteiger partial charge in [0.1, 0.15) is 6.61 Å². The van der Waals surface area contributed by atoms with Gasteiger partial charge in [0, 0.05) is 43.1 Å². The third kappa shape index (κ3) is 8.52. The molecule has 0 aromatic heterocycles. The number of non-ortho nitro benzene ring substituents is 1. The first kappa shape index (κ1) is 26.4. The van der Waals surface area contributed by atoms with Gasteiger partial charge >= 0.3 is 6.09 Å². The minimum atomic E-state index is -3.72. The number of hydrogen-bond acceptors (Lipinski definition) is 10. The number of benzene rings is 1. The average Bonchev–Trinajstić information content (AvgIpc) is 3.15. The first-order chi connectivity index (χ1) is 15.5. The van der Waals surface area contributed by atoms with Crippen LogP contribution in [0.4, 0.5) is 10.5 Å². The number of hydrogen-bond donors (Lipinski definition) is 0. The summed E-state index contributed by atoms with van der Waals surface area (Å²) >= 11 is 1.39. The van der Waals surface area contributed by atoms with Crippen molar-refractivity contribution in [2.75, 3.05) is 31.4 Å². The standard InChI is InChI=1S/C19H24N4O8S2/c1-21(13-20)18(24)7-8-32-12-16-9-17(31-33(2,28)29)10-22(16)19(25)30-11-14-3-5-15(6-4-14)23(26)27/h3-6,16-17H,7-12H2,1-2H3/t16-,17-/m0/s1. The summed E-state index contributed by atoms with van der Waals surface area (Å²) in [4.78, 5) is 36.9. The van der Waals surface area contributed by atoms with E-state index in [0.29, 0.717) is 17.1 Å². The van der Waals surface area contributed by atoms with Crippen LogP contribution >= 0.6 is 11.8 Å². The number of nitro benzene ring substituents is 1. The minimum absolute atomic E-state index is 0.0213. The Morgan fingerprint density at radius 3 is 2.61 bits per heavy atom. The van der Waals surface area contributed by atoms with Gasteiger partial charge in [-0.3, -0.25) is 24.0 Å². The molecule has 1 heterocycles. The minimum Gasteiger partial charge on any atom is -0.445 e. The molecule has 0 unspecified atom stereocenters. The molecule has 2 atom stereocenters. The molecule has 0 spiro atoms. The van der Waals surface area contributed by atoms with Crippen LogP contribution in [-0.4, -0.2) is 78.6 Å². The third-order valence-electron chi connectivity index (χ3n) is 4.73. The molecule has 0 saturated carbocycles. The van der Waals surface area contributed by atoms with Crippen molar-refractivity contribution in [3.8, 4) is 6.19 Å². The number of ether oxygens (including phenoxy) is 1. The molecule has 1 aromatic carbocycles. The fraction of sp³-hybridized carbons (Fsp3) is 0.526. The van der Waals surface area contributed by atoms with Gasteiger partial charge in [-0.15, -0.1) is 0 Å². The highest BCUT2D eigenvalue weighted by Gasteiger charge is 2.38. The van der Waals surface area contributed by atoms with Crippen molar-refractivity contribution in [3.63, 3.8) is 0 Å². The number of amides is 2. The summed E-state index contributed by atoms with van der Waals surface area (Å²) in [5, 5.41) is 19.5. The van der Waals surface area contributed by atoms with Crippen molar-refractivity contribution in [3.05, 3.63) is 39.9 Å². The lowest BCUT2D eigenvalue weighted by Crippen LogP contribution is -2.38. The highest BCUT2D eigenvalue weighted by molar-refractivity contribution is 7.99. The van der Waals surface area contributed by atoms with Gasteiger partial charge in [0.2, 0.25) is 5.91 Å². The highest BCUT2D eigenvalue weighted by Crippen LogP contribution is 2.26. The van der Waals surface area contributed by atoms with Crippen molar-refractivity contribution in [1.29, 1.82) is 5.26 Å². The maximum atomic E-state index is 12.7. The summed E-state index contributed by atoms with van der Waals surface area (Å²) < 4.78 is 33.4. The Morgan fingerprint density at radius 1 is 1.36 bits per heavy atom. The summed E-state index contributed by atoms with van der Waals surface area (Å²) in [5.74, 6) is 0.513. The lowest BCUT2D eigenvalue weighted by atomic mass is 10.2. The van der Waals surface area contributed by atoms with Crippen molar-refractivity contribution < 1.29 is 31.9 Å². The van der Waals surface area contributed by atoms with Crippen LogP contribution in [0.15, 0.2) is 24.3 Å². The summed E-state index contributed by atoms with van der Waals surface area (Å²) in [5.41, 5.74) is 0.477. The molecule has 1 fully saturated rings. The summed E-state index contributed by atoms with van der Waals surface area (Å²) in [7, 11) is -2.34. The number of carbonyl (C=O) groups is 2. The first-order valence-electron chi connectivity index (χ1n) is 9.79. The second kappa shape index (κ2) is 11.8. The fourth-order valence-corrected chi connectivity index (χ4v) is 4.82. The number of rotatable bonds is 10. The summed E-state index contributed by atoms with van der Waals surface area (Å²) in [6.07, 6.45) is 1.70. The summed E-state index contributed by atoms with van der Waals surface area (Å²) in [6, 6.07) is 5.19. The summed E-state index contributed by atoms with van der Waals surface area (Å²) in [6.45, 7) is -0.0900. The largest absolute Gasteiger partial charge is 0.445 e. The lowest BCUT2D eigenvalue weighted by molar-refractivity contribution is -0.384. The van der Waals surface area contributed by atoms with Crippen LogP contribution in [0.3, 0.4) is 0 Å². The molecule has 1 aromatic rings. The molecule has 1 aliphatic heterocycles. The molecule has 2 amide bonds. The Bertz CT molecular complexity index is 1010. The van der Waals surface area contributed by atoms with Crippen LogP contribution in [0.25, 0.3) is 0 Å². The van der Waals surface area contributed by atoms with E-state index in [-0.39, 0.29) is 43.6 Å². The molecule has 0 bridgehead atoms. The Hall–Kier alpha value is -2.89. The van der Waals surface area contributed by atoms with Crippen LogP contribution in [-0.2, 0) is 30.4 Å². The molecule has 0 aliphatic carbocycles. The Balaban J connectivity index is 1.95. The van der Waals surface area contributed by atoms with Crippen molar-refractivity contribution in [2.24, 2.45) is 0 Å². The molecule has 0 N–H and O–H groups in total. The number of carbonyl (C=O) groups excluding carboxylic acids is 2. The Morgan fingerprint density at radius 2 is 2.03 bits per heavy atom. The van der Waals surface area contributed by atoms with Crippen LogP contribution < -0.4 is 0 Å². The molecule has 180 valence electrons. The topological polar surface area (TPSA) is 160 Å². The number of thioether (sulfide) groups is 1. The predicted octanol–water partition coefficient (Wildman–Crippen LogP) is 1.71. The van der Waals surface area contributed by atoms with E-state index in [4.69, 9.17) is 14.2 Å². The number of nitrogens with zero attached hydrogens (tertiary/aromatic N) is 4. The molecule has 12 nitrogen and oxygen atoms in total. The molecule has 14 heteroatoms. The number of nitriles is 1. The van der Waals surface area contributed by atoms with E-state index < -0.39 is 27.2 Å². The average molecular weight is 501 g/mol. The predicted molar refractivity (Wildman–Crippen MR) is 118 cm³/mol. The van der Waals surface area contributed by atoms with E-state index in [1.54, 1.807) is 6.19 Å². The molecular formula is C19H24N4O8S2. The van der Waals surface area contributed by atoms with Crippen LogP contribution in [0.1, 0.15) is 18.4 Å². The Labute approximate surface area is 195 Å². The smallest absolute Gasteiger partial charge is 0.410 e. The van der Waals surface area contributed by atoms with Gasteiger partial charge in [0.25, 0.3) is 15.8 Å². The molecule has 2 rings (SSSR count). The van der Waals surface area contributed by atoms with Gasteiger partial charge in [-0.1, -0.05) is 0 Å². The van der Waals surface area contributed by atoms with E-state index >= 15 is 0 Å². The van der Waals surface area contributed by atoms with Crippen LogP contribution in [0.2, 0.25) is 0 Å². The molecule has 1 saturated heterocycles. The molecular weight excluding hydrogens is 476 g/mol. The number of nitro groups is 1. The van der Waals surface area contributed by atoms with E-state index in [1.807, 2.05) is 0 Å². The zero-order chi connectivity index (χ0) is 24.6. The highest BCUT2D eigenvalue weighted by atomic mass is 32.2. The maximum absolute atomic E-state index is 12.7. The second-order valence-electron chi connectivity index (χ2n) is 7.32. The van der Waals surface area contributed by atoms with E-state index in [9.17, 15) is 28.1 Å². The van der Waals surface area contributed by atoms with Crippen LogP contribution in [0, 0.1) is 21.6 Å². The third-order valence-corrected chi connectivity index (χ3v) is 6.46. The molecule has 0 radical (unpaired) electrons. The van der Waals surface area contributed by atoms with Gasteiger partial charge in [-0.25, -0.2) is 4.79 Å². The number of likely N-dealkylation sites (tertiary alicyclic amines) is 1.